The van der Waals surface area contributed by atoms with Gasteiger partial charge in [-0.15, -0.1) is 0 Å². The normalized spacial score (nSPS) is 11.8. The second kappa shape index (κ2) is 12.1. The molecular formula is C20H23ClN6O6S. The van der Waals surface area contributed by atoms with Crippen molar-refractivity contribution in [2.75, 3.05) is 13.2 Å². The second-order valence-electron chi connectivity index (χ2n) is 6.92. The molecule has 14 heteroatoms. The summed E-state index contributed by atoms with van der Waals surface area (Å²) in [7, 11) is -4.02. The van der Waals surface area contributed by atoms with Crippen LogP contribution in [0.25, 0.3) is 0 Å². The van der Waals surface area contributed by atoms with Gasteiger partial charge in [-0.1, -0.05) is 23.7 Å². The molecule has 3 amide bonds. The van der Waals surface area contributed by atoms with Gasteiger partial charge in [-0.2, -0.15) is 0 Å². The van der Waals surface area contributed by atoms with Crippen LogP contribution in [0.1, 0.15) is 15.9 Å². The SMILES string of the molecule is NC(N)=Nc1ccc(C(=O)NC(=O)CNC(=O)[C@H](CO)NS(=O)(=O)Cc2cccc(Cl)c2)cc1. The highest BCUT2D eigenvalue weighted by Crippen LogP contribution is 2.13. The number of carbonyl (C=O) groups excluding carboxylic acids is 3. The maximum Gasteiger partial charge on any atom is 0.257 e. The Hall–Kier alpha value is -3.52. The minimum absolute atomic E-state index is 0.135. The van der Waals surface area contributed by atoms with E-state index in [0.717, 1.165) is 0 Å². The predicted molar refractivity (Wildman–Crippen MR) is 125 cm³/mol. The first kappa shape index (κ1) is 26.7. The maximum absolute atomic E-state index is 12.3. The summed E-state index contributed by atoms with van der Waals surface area (Å²) >= 11 is 5.83. The first-order valence-electron chi connectivity index (χ1n) is 9.66. The Morgan fingerprint density at radius 3 is 2.35 bits per heavy atom. The molecule has 0 aliphatic carbocycles. The van der Waals surface area contributed by atoms with Crippen molar-refractivity contribution in [1.29, 1.82) is 0 Å². The number of nitrogens with one attached hydrogen (secondary N) is 3. The van der Waals surface area contributed by atoms with Crippen molar-refractivity contribution in [3.63, 3.8) is 0 Å². The van der Waals surface area contributed by atoms with E-state index in [0.29, 0.717) is 16.3 Å². The first-order chi connectivity index (χ1) is 16.0. The Morgan fingerprint density at radius 1 is 1.09 bits per heavy atom. The summed E-state index contributed by atoms with van der Waals surface area (Å²) in [5, 5.41) is 14.0. The molecule has 0 unspecified atom stereocenters. The molecule has 12 nitrogen and oxygen atoms in total. The van der Waals surface area contributed by atoms with Crippen molar-refractivity contribution < 1.29 is 27.9 Å². The number of aliphatic hydroxyl groups excluding tert-OH is 1. The summed E-state index contributed by atoms with van der Waals surface area (Å²) in [6.07, 6.45) is 0. The molecule has 8 N–H and O–H groups in total. The average Bonchev–Trinajstić information content (AvgIpc) is 2.75. The highest BCUT2D eigenvalue weighted by atomic mass is 35.5. The summed E-state index contributed by atoms with van der Waals surface area (Å²) in [6.45, 7) is -1.49. The Balaban J connectivity index is 1.88. The number of halogens is 1. The van der Waals surface area contributed by atoms with E-state index in [-0.39, 0.29) is 11.5 Å². The van der Waals surface area contributed by atoms with E-state index in [1.165, 1.54) is 36.4 Å². The third-order valence-corrected chi connectivity index (χ3v) is 5.72. The summed E-state index contributed by atoms with van der Waals surface area (Å²) in [6, 6.07) is 10.3. The number of aliphatic hydroxyl groups is 1. The molecule has 0 aromatic heterocycles. The Morgan fingerprint density at radius 2 is 1.76 bits per heavy atom. The molecule has 2 aromatic carbocycles. The zero-order valence-corrected chi connectivity index (χ0v) is 19.3. The van der Waals surface area contributed by atoms with Gasteiger partial charge in [-0.25, -0.2) is 18.1 Å². The van der Waals surface area contributed by atoms with Crippen LogP contribution < -0.4 is 26.8 Å². The number of aliphatic imine (C=N–C) groups is 1. The van der Waals surface area contributed by atoms with Crippen molar-refractivity contribution >= 4 is 51.0 Å². The van der Waals surface area contributed by atoms with Crippen LogP contribution in [0.3, 0.4) is 0 Å². The Kier molecular flexibility index (Phi) is 9.50. The minimum Gasteiger partial charge on any atom is -0.394 e. The van der Waals surface area contributed by atoms with Crippen LogP contribution in [0.15, 0.2) is 53.5 Å². The van der Waals surface area contributed by atoms with E-state index in [4.69, 9.17) is 23.1 Å². The smallest absolute Gasteiger partial charge is 0.257 e. The molecule has 0 heterocycles. The van der Waals surface area contributed by atoms with Crippen LogP contribution in [0, 0.1) is 0 Å². The molecule has 0 fully saturated rings. The van der Waals surface area contributed by atoms with E-state index in [1.54, 1.807) is 12.1 Å². The predicted octanol–water partition coefficient (Wildman–Crippen LogP) is -0.902. The zero-order valence-electron chi connectivity index (χ0n) is 17.7. The van der Waals surface area contributed by atoms with Gasteiger partial charge in [-0.3, -0.25) is 19.7 Å². The van der Waals surface area contributed by atoms with E-state index in [2.05, 4.69) is 20.3 Å². The lowest BCUT2D eigenvalue weighted by Crippen LogP contribution is -2.51. The van der Waals surface area contributed by atoms with Gasteiger partial charge in [-0.05, 0) is 42.0 Å². The van der Waals surface area contributed by atoms with Crippen LogP contribution in [-0.4, -0.2) is 56.4 Å². The fraction of sp³-hybridized carbons (Fsp3) is 0.200. The number of carbonyl (C=O) groups is 3. The number of imide groups is 1. The lowest BCUT2D eigenvalue weighted by atomic mass is 10.2. The van der Waals surface area contributed by atoms with Crippen molar-refractivity contribution in [2.45, 2.75) is 11.8 Å². The van der Waals surface area contributed by atoms with Gasteiger partial charge in [0.2, 0.25) is 21.8 Å². The Labute approximate surface area is 200 Å². The monoisotopic (exact) mass is 510 g/mol. The van der Waals surface area contributed by atoms with Crippen molar-refractivity contribution in [2.24, 2.45) is 16.5 Å². The number of nitrogens with two attached hydrogens (primary N) is 2. The number of guanidine groups is 1. The molecule has 0 saturated carbocycles. The van der Waals surface area contributed by atoms with Gasteiger partial charge >= 0.3 is 0 Å². The maximum atomic E-state index is 12.3. The molecule has 0 saturated heterocycles. The molecule has 0 spiro atoms. The highest BCUT2D eigenvalue weighted by molar-refractivity contribution is 7.88. The van der Waals surface area contributed by atoms with Crippen molar-refractivity contribution in [3.8, 4) is 0 Å². The molecule has 0 aliphatic heterocycles. The van der Waals surface area contributed by atoms with Gasteiger partial charge in [0.05, 0.1) is 24.6 Å². The summed E-state index contributed by atoms with van der Waals surface area (Å²) in [5.41, 5.74) is 11.4. The fourth-order valence-corrected chi connectivity index (χ4v) is 4.18. The third kappa shape index (κ3) is 8.78. The van der Waals surface area contributed by atoms with Gasteiger partial charge in [0.25, 0.3) is 5.91 Å². The van der Waals surface area contributed by atoms with E-state index in [9.17, 15) is 27.9 Å². The molecular weight excluding hydrogens is 488 g/mol. The van der Waals surface area contributed by atoms with Crippen LogP contribution in [0.2, 0.25) is 5.02 Å². The number of sulfonamides is 1. The number of hydrogen-bond donors (Lipinski definition) is 6. The van der Waals surface area contributed by atoms with Crippen molar-refractivity contribution in [1.82, 2.24) is 15.4 Å². The third-order valence-electron chi connectivity index (χ3n) is 4.13. The summed E-state index contributed by atoms with van der Waals surface area (Å²) in [5.74, 6) is -3.19. The number of nitrogens with zero attached hydrogens (tertiary/aromatic N) is 1. The molecule has 0 radical (unpaired) electrons. The fourth-order valence-electron chi connectivity index (χ4n) is 2.65. The lowest BCUT2D eigenvalue weighted by molar-refractivity contribution is -0.127. The molecule has 34 heavy (non-hydrogen) atoms. The molecule has 1 atom stereocenters. The van der Waals surface area contributed by atoms with Gasteiger partial charge < -0.3 is 21.9 Å². The minimum atomic E-state index is -4.02. The van der Waals surface area contributed by atoms with Gasteiger partial charge in [0, 0.05) is 10.6 Å². The van der Waals surface area contributed by atoms with Gasteiger partial charge in [0.15, 0.2) is 5.96 Å². The van der Waals surface area contributed by atoms with E-state index >= 15 is 0 Å². The summed E-state index contributed by atoms with van der Waals surface area (Å²) in [4.78, 5) is 40.2. The van der Waals surface area contributed by atoms with Crippen molar-refractivity contribution in [3.05, 3.63) is 64.7 Å². The number of hydrogen-bond acceptors (Lipinski definition) is 7. The van der Waals surface area contributed by atoms with Crippen LogP contribution in [-0.2, 0) is 25.4 Å². The molecule has 182 valence electrons. The number of rotatable bonds is 10. The lowest BCUT2D eigenvalue weighted by Gasteiger charge is -2.16. The first-order valence-corrected chi connectivity index (χ1v) is 11.7. The number of benzene rings is 2. The van der Waals surface area contributed by atoms with Crippen LogP contribution >= 0.6 is 11.6 Å². The molecule has 2 aromatic rings. The average molecular weight is 511 g/mol. The molecule has 0 bridgehead atoms. The van der Waals surface area contributed by atoms with E-state index < -0.39 is 52.7 Å². The van der Waals surface area contributed by atoms with Crippen LogP contribution in [0.4, 0.5) is 5.69 Å². The second-order valence-corrected chi connectivity index (χ2v) is 9.11. The molecule has 2 rings (SSSR count). The zero-order chi connectivity index (χ0) is 25.3. The van der Waals surface area contributed by atoms with Gasteiger partial charge in [0.1, 0.15) is 6.04 Å². The topological polar surface area (TPSA) is 206 Å². The highest BCUT2D eigenvalue weighted by Gasteiger charge is 2.24. The Bertz CT molecular complexity index is 1180. The standard InChI is InChI=1S/C20H23ClN6O6S/c21-14-3-1-2-12(8-14)11-34(32,33)27-16(10-28)19(31)24-9-17(29)26-18(30)13-4-6-15(7-5-13)25-20(22)23/h1-8,16,27-28H,9-11H2,(H,24,31)(H4,22,23,25)(H,26,29,30)/t16-/m0/s1. The number of amides is 3. The quantitative estimate of drug-likeness (QED) is 0.174. The summed E-state index contributed by atoms with van der Waals surface area (Å²) < 4.78 is 26.7. The van der Waals surface area contributed by atoms with E-state index in [1.807, 2.05) is 0 Å². The van der Waals surface area contributed by atoms with Crippen LogP contribution in [0.5, 0.6) is 0 Å². The molecule has 0 aliphatic rings. The largest absolute Gasteiger partial charge is 0.394 e.